The van der Waals surface area contributed by atoms with Gasteiger partial charge in [0.1, 0.15) is 11.4 Å². The number of halogens is 3. The molecule has 1 aromatic heterocycles. The highest BCUT2D eigenvalue weighted by Crippen LogP contribution is 2.37. The van der Waals surface area contributed by atoms with Crippen molar-refractivity contribution in [1.82, 2.24) is 9.78 Å². The van der Waals surface area contributed by atoms with Crippen LogP contribution in [0.15, 0.2) is 46.6 Å². The third-order valence-electron chi connectivity index (χ3n) is 3.35. The van der Waals surface area contributed by atoms with Gasteiger partial charge in [-0.2, -0.15) is 9.78 Å². The highest BCUT2D eigenvalue weighted by atomic mass is 35.5. The maximum absolute atomic E-state index is 10.4. The molecule has 6 nitrogen and oxygen atoms in total. The van der Waals surface area contributed by atoms with Crippen LogP contribution in [-0.2, 0) is 0 Å². The van der Waals surface area contributed by atoms with Crippen molar-refractivity contribution in [3.63, 3.8) is 0 Å². The molecule has 1 heterocycles. The van der Waals surface area contributed by atoms with E-state index in [-0.39, 0.29) is 23.0 Å². The number of aromatic hydroxyl groups is 2. The average Bonchev–Trinajstić information content (AvgIpc) is 2.85. The van der Waals surface area contributed by atoms with Gasteiger partial charge in [-0.05, 0) is 43.3 Å². The maximum Gasteiger partial charge on any atom is 0.243 e. The molecular formula is C16H11Cl3N4O2. The summed E-state index contributed by atoms with van der Waals surface area (Å²) in [5.74, 6) is -0.302. The van der Waals surface area contributed by atoms with Crippen molar-refractivity contribution in [2.45, 2.75) is 6.92 Å². The van der Waals surface area contributed by atoms with E-state index in [2.05, 4.69) is 15.3 Å². The summed E-state index contributed by atoms with van der Waals surface area (Å²) in [4.78, 5) is 0. The lowest BCUT2D eigenvalue weighted by molar-refractivity contribution is 0.434. The lowest BCUT2D eigenvalue weighted by atomic mass is 10.3. The van der Waals surface area contributed by atoms with Crippen LogP contribution in [0.5, 0.6) is 11.6 Å². The molecule has 25 heavy (non-hydrogen) atoms. The Balaban J connectivity index is 2.01. The van der Waals surface area contributed by atoms with Crippen molar-refractivity contribution in [1.29, 1.82) is 0 Å². The van der Waals surface area contributed by atoms with Gasteiger partial charge in [0.2, 0.25) is 5.88 Å². The molecule has 0 bridgehead atoms. The zero-order valence-electron chi connectivity index (χ0n) is 12.8. The number of benzene rings is 2. The molecule has 9 heteroatoms. The molecule has 0 amide bonds. The van der Waals surface area contributed by atoms with E-state index in [1.54, 1.807) is 25.1 Å². The van der Waals surface area contributed by atoms with Crippen LogP contribution in [0.25, 0.3) is 5.69 Å². The summed E-state index contributed by atoms with van der Waals surface area (Å²) < 4.78 is 1.27. The fourth-order valence-electron chi connectivity index (χ4n) is 2.10. The van der Waals surface area contributed by atoms with Crippen molar-refractivity contribution in [3.8, 4) is 17.3 Å². The van der Waals surface area contributed by atoms with Crippen LogP contribution in [0.1, 0.15) is 5.69 Å². The minimum absolute atomic E-state index is 0.0813. The first kappa shape index (κ1) is 17.5. The van der Waals surface area contributed by atoms with E-state index < -0.39 is 0 Å². The summed E-state index contributed by atoms with van der Waals surface area (Å²) in [6.45, 7) is 1.67. The molecule has 0 aliphatic rings. The van der Waals surface area contributed by atoms with Gasteiger partial charge >= 0.3 is 0 Å². The smallest absolute Gasteiger partial charge is 0.243 e. The highest BCUT2D eigenvalue weighted by Gasteiger charge is 2.16. The first-order chi connectivity index (χ1) is 11.9. The summed E-state index contributed by atoms with van der Waals surface area (Å²) >= 11 is 17.8. The Kier molecular flexibility index (Phi) is 4.85. The summed E-state index contributed by atoms with van der Waals surface area (Å²) in [6, 6.07) is 9.21. The summed E-state index contributed by atoms with van der Waals surface area (Å²) in [5, 5.41) is 33.4. The molecule has 2 aromatic carbocycles. The Morgan fingerprint density at radius 3 is 2.44 bits per heavy atom. The number of hydrogen-bond acceptors (Lipinski definition) is 5. The molecule has 0 radical (unpaired) electrons. The molecular weight excluding hydrogens is 387 g/mol. The van der Waals surface area contributed by atoms with Crippen LogP contribution in [0, 0.1) is 6.92 Å². The van der Waals surface area contributed by atoms with E-state index >= 15 is 0 Å². The summed E-state index contributed by atoms with van der Waals surface area (Å²) in [7, 11) is 0. The van der Waals surface area contributed by atoms with Gasteiger partial charge in [-0.15, -0.1) is 10.2 Å². The third kappa shape index (κ3) is 3.56. The molecule has 0 saturated heterocycles. The Labute approximate surface area is 157 Å². The van der Waals surface area contributed by atoms with Crippen molar-refractivity contribution >= 4 is 46.2 Å². The van der Waals surface area contributed by atoms with E-state index in [0.29, 0.717) is 26.4 Å². The molecule has 0 saturated carbocycles. The molecule has 0 aliphatic carbocycles. The average molecular weight is 398 g/mol. The molecule has 128 valence electrons. The second-order valence-corrected chi connectivity index (χ2v) is 6.35. The van der Waals surface area contributed by atoms with E-state index in [9.17, 15) is 10.2 Å². The fourth-order valence-corrected chi connectivity index (χ4v) is 2.56. The van der Waals surface area contributed by atoms with Gasteiger partial charge in [0.25, 0.3) is 0 Å². The SMILES string of the molecule is Cc1nn(-c2ccc(Cl)c(Cl)c2)c(O)c1N=Nc1cc(Cl)ccc1O. The van der Waals surface area contributed by atoms with E-state index in [4.69, 9.17) is 34.8 Å². The number of aromatic nitrogens is 2. The van der Waals surface area contributed by atoms with Crippen LogP contribution >= 0.6 is 34.8 Å². The number of rotatable bonds is 3. The van der Waals surface area contributed by atoms with Gasteiger partial charge in [-0.3, -0.25) is 0 Å². The lowest BCUT2D eigenvalue weighted by Gasteiger charge is -2.04. The number of phenols is 1. The predicted octanol–water partition coefficient (Wildman–Crippen LogP) is 5.97. The Hall–Kier alpha value is -2.28. The summed E-state index contributed by atoms with van der Waals surface area (Å²) in [6.07, 6.45) is 0. The van der Waals surface area contributed by atoms with Gasteiger partial charge in [-0.25, -0.2) is 0 Å². The largest absolute Gasteiger partial charge is 0.506 e. The van der Waals surface area contributed by atoms with Gasteiger partial charge in [0, 0.05) is 5.02 Å². The van der Waals surface area contributed by atoms with Gasteiger partial charge < -0.3 is 10.2 Å². The third-order valence-corrected chi connectivity index (χ3v) is 4.32. The molecule has 2 N–H and O–H groups in total. The monoisotopic (exact) mass is 396 g/mol. The number of aryl methyl sites for hydroxylation is 1. The normalized spacial score (nSPS) is 11.4. The first-order valence-corrected chi connectivity index (χ1v) is 8.14. The highest BCUT2D eigenvalue weighted by molar-refractivity contribution is 6.42. The van der Waals surface area contributed by atoms with Crippen LogP contribution in [0.4, 0.5) is 11.4 Å². The number of hydrogen-bond donors (Lipinski definition) is 2. The number of nitrogens with zero attached hydrogens (tertiary/aromatic N) is 4. The van der Waals surface area contributed by atoms with Crippen LogP contribution in [0.3, 0.4) is 0 Å². The van der Waals surface area contributed by atoms with Crippen LogP contribution < -0.4 is 0 Å². The second-order valence-electron chi connectivity index (χ2n) is 5.10. The molecule has 0 unspecified atom stereocenters. The number of phenolic OH excluding ortho intramolecular Hbond substituents is 1. The Bertz CT molecular complexity index is 986. The molecule has 3 aromatic rings. The first-order valence-electron chi connectivity index (χ1n) is 7.01. The van der Waals surface area contributed by atoms with Crippen LogP contribution in [0.2, 0.25) is 15.1 Å². The quantitative estimate of drug-likeness (QED) is 0.534. The standard InChI is InChI=1S/C16H11Cl3N4O2/c1-8-15(21-20-13-6-9(17)2-5-14(13)24)16(25)23(22-8)10-3-4-11(18)12(19)7-10/h2-7,24-25H,1H3. The summed E-state index contributed by atoms with van der Waals surface area (Å²) in [5.41, 5.74) is 1.29. The van der Waals surface area contributed by atoms with Crippen molar-refractivity contribution in [2.24, 2.45) is 10.2 Å². The molecule has 3 rings (SSSR count). The zero-order chi connectivity index (χ0) is 18.1. The topological polar surface area (TPSA) is 83.0 Å². The van der Waals surface area contributed by atoms with Crippen LogP contribution in [-0.4, -0.2) is 20.0 Å². The van der Waals surface area contributed by atoms with Gasteiger partial charge in [-0.1, -0.05) is 34.8 Å². The van der Waals surface area contributed by atoms with Crippen molar-refractivity contribution in [2.75, 3.05) is 0 Å². The van der Waals surface area contributed by atoms with Gasteiger partial charge in [0.05, 0.1) is 21.4 Å². The molecule has 0 aliphatic heterocycles. The van der Waals surface area contributed by atoms with Gasteiger partial charge in [0.15, 0.2) is 5.69 Å². The minimum Gasteiger partial charge on any atom is -0.506 e. The lowest BCUT2D eigenvalue weighted by Crippen LogP contribution is -1.95. The minimum atomic E-state index is -0.221. The molecule has 0 atom stereocenters. The van der Waals surface area contributed by atoms with Crippen molar-refractivity contribution in [3.05, 3.63) is 57.2 Å². The molecule has 0 spiro atoms. The van der Waals surface area contributed by atoms with E-state index in [0.717, 1.165) is 0 Å². The van der Waals surface area contributed by atoms with E-state index in [1.165, 1.54) is 22.9 Å². The fraction of sp³-hybridized carbons (Fsp3) is 0.0625. The second kappa shape index (κ2) is 6.92. The Morgan fingerprint density at radius 1 is 0.960 bits per heavy atom. The number of azo groups is 1. The van der Waals surface area contributed by atoms with E-state index in [1.807, 2.05) is 0 Å². The zero-order valence-corrected chi connectivity index (χ0v) is 15.0. The molecule has 0 fully saturated rings. The Morgan fingerprint density at radius 2 is 1.72 bits per heavy atom. The maximum atomic E-state index is 10.4. The predicted molar refractivity (Wildman–Crippen MR) is 97.3 cm³/mol. The van der Waals surface area contributed by atoms with Crippen molar-refractivity contribution < 1.29 is 10.2 Å².